The van der Waals surface area contributed by atoms with E-state index in [-0.39, 0.29) is 19.1 Å². The quantitative estimate of drug-likeness (QED) is 0.0465. The fourth-order valence-corrected chi connectivity index (χ4v) is 9.15. The number of carbonyl (C=O) groups excluding carboxylic acids is 3. The van der Waals surface area contributed by atoms with Crippen LogP contribution in [0.5, 0.6) is 0 Å². The van der Waals surface area contributed by atoms with Gasteiger partial charge in [-0.15, -0.1) is 0 Å². The number of unbranched alkanes of at least 4 members (excludes halogenated alkanes) is 29. The van der Waals surface area contributed by atoms with Crippen molar-refractivity contribution in [1.82, 2.24) is 5.32 Å². The monoisotopic (exact) mass is 836 g/mol. The SMILES string of the molecule is CCCCCCCCCCCCCCCCCCOC(=O)C(COC(=O)C1(C)CC(C)(OC(C)(C)CCO)C1)NC(=O)CCCCCCCCCCCCCCCCC. The Kier molecular flexibility index (Phi) is 32.7. The fraction of sp³-hybridized carbons (Fsp3) is 0.941. The number of esters is 2. The van der Waals surface area contributed by atoms with Gasteiger partial charge in [0.15, 0.2) is 6.04 Å². The van der Waals surface area contributed by atoms with Gasteiger partial charge in [0.1, 0.15) is 6.61 Å². The molecule has 2 N–H and O–H groups in total. The standard InChI is InChI=1S/C51H97NO7/c1-7-9-11-13-15-17-19-21-23-25-27-29-31-33-35-37-41-57-47(55)45(42-58-48(56)50(5)43-51(6,44-50)59-49(3,4)39-40-53)52-46(54)38-36-34-32-30-28-26-24-22-20-18-16-14-12-10-8-2/h45,53H,7-44H2,1-6H3,(H,52,54). The highest BCUT2D eigenvalue weighted by atomic mass is 16.6. The number of carbonyl (C=O) groups is 3. The molecule has 1 aliphatic carbocycles. The molecule has 0 aromatic rings. The first-order valence-corrected chi connectivity index (χ1v) is 25.3. The average Bonchev–Trinajstić information content (AvgIpc) is 3.17. The highest BCUT2D eigenvalue weighted by Gasteiger charge is 2.57. The molecule has 1 fully saturated rings. The van der Waals surface area contributed by atoms with Gasteiger partial charge in [0.25, 0.3) is 0 Å². The molecule has 0 saturated heterocycles. The molecule has 0 aromatic carbocycles. The molecule has 348 valence electrons. The minimum Gasteiger partial charge on any atom is -0.464 e. The lowest BCUT2D eigenvalue weighted by Gasteiger charge is -2.53. The molecule has 1 saturated carbocycles. The summed E-state index contributed by atoms with van der Waals surface area (Å²) in [5.74, 6) is -1.14. The van der Waals surface area contributed by atoms with Gasteiger partial charge in [-0.25, -0.2) is 4.79 Å². The number of aliphatic hydroxyl groups excluding tert-OH is 1. The number of nitrogens with one attached hydrogen (secondary N) is 1. The van der Waals surface area contributed by atoms with Gasteiger partial charge in [-0.1, -0.05) is 200 Å². The summed E-state index contributed by atoms with van der Waals surface area (Å²) in [5.41, 5.74) is -1.75. The van der Waals surface area contributed by atoms with Gasteiger partial charge >= 0.3 is 11.9 Å². The number of amides is 1. The minimum absolute atomic E-state index is 0.0323. The predicted octanol–water partition coefficient (Wildman–Crippen LogP) is 13.8. The second-order valence-corrected chi connectivity index (χ2v) is 19.6. The van der Waals surface area contributed by atoms with Gasteiger partial charge < -0.3 is 24.6 Å². The number of aliphatic hydroxyl groups is 1. The number of rotatable bonds is 42. The summed E-state index contributed by atoms with van der Waals surface area (Å²) in [6.07, 6.45) is 41.2. The molecule has 0 bridgehead atoms. The topological polar surface area (TPSA) is 111 Å². The fourth-order valence-electron chi connectivity index (χ4n) is 9.15. The molecular formula is C51H97NO7. The summed E-state index contributed by atoms with van der Waals surface area (Å²) >= 11 is 0. The van der Waals surface area contributed by atoms with Crippen molar-refractivity contribution >= 4 is 17.8 Å². The van der Waals surface area contributed by atoms with E-state index in [2.05, 4.69) is 19.2 Å². The van der Waals surface area contributed by atoms with Crippen LogP contribution in [-0.2, 0) is 28.6 Å². The number of ether oxygens (including phenoxy) is 3. The van der Waals surface area contributed by atoms with Crippen molar-refractivity contribution in [2.45, 2.75) is 284 Å². The maximum Gasteiger partial charge on any atom is 0.332 e. The zero-order valence-electron chi connectivity index (χ0n) is 39.8. The molecule has 1 amide bonds. The molecule has 1 rings (SSSR count). The van der Waals surface area contributed by atoms with Crippen LogP contribution in [-0.4, -0.2) is 60.0 Å². The van der Waals surface area contributed by atoms with E-state index in [0.29, 0.717) is 32.3 Å². The van der Waals surface area contributed by atoms with E-state index in [1.54, 1.807) is 0 Å². The second kappa shape index (κ2) is 34.9. The molecule has 1 atom stereocenters. The van der Waals surface area contributed by atoms with E-state index in [1.807, 2.05) is 27.7 Å². The third kappa shape index (κ3) is 29.3. The van der Waals surface area contributed by atoms with Crippen LogP contribution < -0.4 is 5.32 Å². The van der Waals surface area contributed by atoms with Gasteiger partial charge in [-0.3, -0.25) is 9.59 Å². The Morgan fingerprint density at radius 3 is 1.34 bits per heavy atom. The van der Waals surface area contributed by atoms with Gasteiger partial charge in [-0.05, 0) is 59.8 Å². The van der Waals surface area contributed by atoms with Crippen molar-refractivity contribution in [1.29, 1.82) is 0 Å². The molecule has 0 aromatic heterocycles. The number of hydrogen-bond donors (Lipinski definition) is 2. The Bertz CT molecular complexity index is 1040. The molecule has 8 heteroatoms. The lowest BCUT2D eigenvalue weighted by Crippen LogP contribution is -2.57. The van der Waals surface area contributed by atoms with Crippen molar-refractivity contribution < 1.29 is 33.7 Å². The van der Waals surface area contributed by atoms with E-state index in [0.717, 1.165) is 38.5 Å². The first-order chi connectivity index (χ1) is 28.4. The average molecular weight is 836 g/mol. The maximum absolute atomic E-state index is 13.3. The third-order valence-corrected chi connectivity index (χ3v) is 12.5. The lowest BCUT2D eigenvalue weighted by atomic mass is 9.60. The Labute approximate surface area is 364 Å². The Balaban J connectivity index is 2.39. The van der Waals surface area contributed by atoms with Crippen LogP contribution in [0, 0.1) is 5.41 Å². The largest absolute Gasteiger partial charge is 0.464 e. The van der Waals surface area contributed by atoms with Crippen LogP contribution >= 0.6 is 0 Å². The molecule has 0 aliphatic heterocycles. The zero-order valence-corrected chi connectivity index (χ0v) is 39.8. The van der Waals surface area contributed by atoms with E-state index >= 15 is 0 Å². The molecule has 59 heavy (non-hydrogen) atoms. The first kappa shape index (κ1) is 55.3. The predicted molar refractivity (Wildman–Crippen MR) is 246 cm³/mol. The summed E-state index contributed by atoms with van der Waals surface area (Å²) in [5, 5.41) is 12.2. The molecule has 1 aliphatic rings. The highest BCUT2D eigenvalue weighted by Crippen LogP contribution is 2.52. The summed E-state index contributed by atoms with van der Waals surface area (Å²) in [4.78, 5) is 39.6. The van der Waals surface area contributed by atoms with E-state index in [4.69, 9.17) is 14.2 Å². The van der Waals surface area contributed by atoms with Crippen molar-refractivity contribution in [3.8, 4) is 0 Å². The van der Waals surface area contributed by atoms with Gasteiger partial charge in [0.2, 0.25) is 5.91 Å². The lowest BCUT2D eigenvalue weighted by molar-refractivity contribution is -0.225. The molecule has 0 radical (unpaired) electrons. The van der Waals surface area contributed by atoms with Crippen molar-refractivity contribution in [2.75, 3.05) is 19.8 Å². The minimum atomic E-state index is -1.03. The van der Waals surface area contributed by atoms with Crippen LogP contribution in [0.4, 0.5) is 0 Å². The van der Waals surface area contributed by atoms with Crippen LogP contribution in [0.1, 0.15) is 266 Å². The summed E-state index contributed by atoms with van der Waals surface area (Å²) < 4.78 is 17.7. The summed E-state index contributed by atoms with van der Waals surface area (Å²) in [7, 11) is 0. The van der Waals surface area contributed by atoms with Gasteiger partial charge in [-0.2, -0.15) is 0 Å². The third-order valence-electron chi connectivity index (χ3n) is 12.5. The van der Waals surface area contributed by atoms with Crippen LogP contribution in [0.15, 0.2) is 0 Å². The van der Waals surface area contributed by atoms with Crippen LogP contribution in [0.25, 0.3) is 0 Å². The van der Waals surface area contributed by atoms with Crippen molar-refractivity contribution in [3.05, 3.63) is 0 Å². The Morgan fingerprint density at radius 2 is 0.949 bits per heavy atom. The molecular weight excluding hydrogens is 739 g/mol. The van der Waals surface area contributed by atoms with Crippen LogP contribution in [0.3, 0.4) is 0 Å². The zero-order chi connectivity index (χ0) is 43.5. The Hall–Kier alpha value is -1.67. The number of hydrogen-bond acceptors (Lipinski definition) is 7. The van der Waals surface area contributed by atoms with E-state index in [9.17, 15) is 19.5 Å². The molecule has 1 unspecified atom stereocenters. The molecule has 0 heterocycles. The van der Waals surface area contributed by atoms with Crippen molar-refractivity contribution in [2.24, 2.45) is 5.41 Å². The maximum atomic E-state index is 13.3. The van der Waals surface area contributed by atoms with Gasteiger partial charge in [0, 0.05) is 13.0 Å². The summed E-state index contributed by atoms with van der Waals surface area (Å²) in [6.45, 7) is 12.4. The smallest absolute Gasteiger partial charge is 0.332 e. The molecule has 8 nitrogen and oxygen atoms in total. The highest BCUT2D eigenvalue weighted by molar-refractivity contribution is 5.85. The van der Waals surface area contributed by atoms with E-state index < -0.39 is 34.6 Å². The Morgan fingerprint density at radius 1 is 0.576 bits per heavy atom. The normalized spacial score (nSPS) is 18.4. The van der Waals surface area contributed by atoms with Crippen molar-refractivity contribution in [3.63, 3.8) is 0 Å². The molecule has 0 spiro atoms. The van der Waals surface area contributed by atoms with Gasteiger partial charge in [0.05, 0.1) is 23.2 Å². The second-order valence-electron chi connectivity index (χ2n) is 19.6. The summed E-state index contributed by atoms with van der Waals surface area (Å²) in [6, 6.07) is -1.03. The van der Waals surface area contributed by atoms with E-state index in [1.165, 1.54) is 161 Å². The van der Waals surface area contributed by atoms with Crippen LogP contribution in [0.2, 0.25) is 0 Å². The first-order valence-electron chi connectivity index (χ1n) is 25.3.